The lowest BCUT2D eigenvalue weighted by molar-refractivity contribution is -0.174. The lowest BCUT2D eigenvalue weighted by Crippen LogP contribution is -2.43. The Kier molecular flexibility index (Phi) is 6.57. The lowest BCUT2D eigenvalue weighted by atomic mass is 9.78. The topological polar surface area (TPSA) is 66.0 Å². The number of benzene rings is 2. The number of ether oxygens (including phenoxy) is 2. The van der Waals surface area contributed by atoms with Crippen LogP contribution >= 0.6 is 0 Å². The normalized spacial score (nSPS) is 22.8. The zero-order chi connectivity index (χ0) is 25.6. The van der Waals surface area contributed by atoms with Crippen molar-refractivity contribution in [3.05, 3.63) is 53.6 Å². The van der Waals surface area contributed by atoms with E-state index in [-0.39, 0.29) is 13.2 Å². The number of nitrogens with one attached hydrogen (secondary N) is 1. The monoisotopic (exact) mass is 491 g/mol. The summed E-state index contributed by atoms with van der Waals surface area (Å²) < 4.78 is 62.5. The van der Waals surface area contributed by atoms with Gasteiger partial charge < -0.3 is 24.1 Å². The summed E-state index contributed by atoms with van der Waals surface area (Å²) in [5.74, 6) is -1.35. The van der Waals surface area contributed by atoms with E-state index in [2.05, 4.69) is 0 Å². The van der Waals surface area contributed by atoms with Crippen molar-refractivity contribution >= 4 is 18.5 Å². The van der Waals surface area contributed by atoms with Crippen molar-refractivity contribution in [1.82, 2.24) is 5.32 Å². The number of halogens is 3. The highest BCUT2D eigenvalue weighted by Gasteiger charge is 2.51. The van der Waals surface area contributed by atoms with Crippen molar-refractivity contribution in [3.8, 4) is 11.5 Å². The second-order valence-corrected chi connectivity index (χ2v) is 9.97. The molecule has 1 fully saturated rings. The average Bonchev–Trinajstić information content (AvgIpc) is 3.00. The Labute approximate surface area is 203 Å². The molecule has 1 N–H and O–H groups in total. The number of hydrogen-bond donors (Lipinski definition) is 1. The van der Waals surface area contributed by atoms with Crippen molar-refractivity contribution in [2.45, 2.75) is 58.1 Å². The molecule has 0 aromatic heterocycles. The Balaban J connectivity index is 1.56. The van der Waals surface area contributed by atoms with E-state index in [0.29, 0.717) is 17.1 Å². The van der Waals surface area contributed by atoms with Gasteiger partial charge in [-0.3, -0.25) is 4.79 Å². The maximum Gasteiger partial charge on any atom is 0.494 e. The van der Waals surface area contributed by atoms with Gasteiger partial charge in [0.05, 0.1) is 23.7 Å². The van der Waals surface area contributed by atoms with Gasteiger partial charge in [-0.2, -0.15) is 13.2 Å². The molecular weight excluding hydrogens is 462 g/mol. The standard InChI is InChI=1S/C25H29BF3NO5/c1-15-12-17(26-34-23(2,3)24(4,5)35-26)10-11-19(15)33-21-16(13-30-22(31)25(27,28)29)14-32-20-9-7-6-8-18(20)21/h6-12,16,21H,13-14H2,1-5H3,(H,30,31)/t16-,21-/m1/s1. The minimum Gasteiger partial charge on any atom is -0.493 e. The van der Waals surface area contributed by atoms with E-state index in [1.807, 2.05) is 70.3 Å². The summed E-state index contributed by atoms with van der Waals surface area (Å²) >= 11 is 0. The minimum absolute atomic E-state index is 0.102. The largest absolute Gasteiger partial charge is 0.494 e. The predicted molar refractivity (Wildman–Crippen MR) is 125 cm³/mol. The molecular formula is C25H29BF3NO5. The number of carbonyl (C=O) groups excluding carboxylic acids is 1. The number of alkyl halides is 3. The Bertz CT molecular complexity index is 1090. The molecule has 10 heteroatoms. The van der Waals surface area contributed by atoms with Crippen LogP contribution in [0.2, 0.25) is 0 Å². The van der Waals surface area contributed by atoms with E-state index >= 15 is 0 Å². The molecule has 188 valence electrons. The number of aryl methyl sites for hydroxylation is 1. The van der Waals surface area contributed by atoms with Crippen LogP contribution in [0.1, 0.15) is 44.9 Å². The van der Waals surface area contributed by atoms with Crippen LogP contribution in [0.4, 0.5) is 13.2 Å². The minimum atomic E-state index is -4.95. The van der Waals surface area contributed by atoms with Gasteiger partial charge in [-0.1, -0.05) is 30.3 Å². The fourth-order valence-electron chi connectivity index (χ4n) is 4.10. The highest BCUT2D eigenvalue weighted by atomic mass is 19.4. The number of para-hydroxylation sites is 1. The first-order valence-corrected chi connectivity index (χ1v) is 11.5. The first-order chi connectivity index (χ1) is 16.3. The Morgan fingerprint density at radius 1 is 1.11 bits per heavy atom. The molecule has 1 saturated heterocycles. The molecule has 2 heterocycles. The average molecular weight is 491 g/mol. The summed E-state index contributed by atoms with van der Waals surface area (Å²) in [6.07, 6.45) is -5.57. The molecule has 1 amide bonds. The molecule has 0 spiro atoms. The molecule has 0 saturated carbocycles. The van der Waals surface area contributed by atoms with Crippen LogP contribution in [0.15, 0.2) is 42.5 Å². The van der Waals surface area contributed by atoms with Gasteiger partial charge in [-0.25, -0.2) is 0 Å². The van der Waals surface area contributed by atoms with Crippen molar-refractivity contribution < 1.29 is 36.7 Å². The van der Waals surface area contributed by atoms with Gasteiger partial charge in [0.1, 0.15) is 17.6 Å². The molecule has 35 heavy (non-hydrogen) atoms. The van der Waals surface area contributed by atoms with E-state index in [0.717, 1.165) is 11.0 Å². The SMILES string of the molecule is Cc1cc(B2OC(C)(C)C(C)(C)O2)ccc1O[C@H]1c2ccccc2OC[C@H]1CNC(=O)C(F)(F)F. The molecule has 0 radical (unpaired) electrons. The maximum absolute atomic E-state index is 12.7. The molecule has 2 aromatic carbocycles. The molecule has 2 aliphatic rings. The smallest absolute Gasteiger partial charge is 0.493 e. The van der Waals surface area contributed by atoms with E-state index in [4.69, 9.17) is 18.8 Å². The maximum atomic E-state index is 12.7. The highest BCUT2D eigenvalue weighted by Crippen LogP contribution is 2.40. The summed E-state index contributed by atoms with van der Waals surface area (Å²) in [6, 6.07) is 12.8. The number of amides is 1. The molecule has 0 unspecified atom stereocenters. The first kappa shape index (κ1) is 25.4. The third-order valence-electron chi connectivity index (χ3n) is 6.87. The van der Waals surface area contributed by atoms with Crippen molar-refractivity contribution in [3.63, 3.8) is 0 Å². The van der Waals surface area contributed by atoms with Gasteiger partial charge in [0.2, 0.25) is 0 Å². The summed E-state index contributed by atoms with van der Waals surface area (Å²) in [4.78, 5) is 11.4. The van der Waals surface area contributed by atoms with Crippen molar-refractivity contribution in [2.75, 3.05) is 13.2 Å². The lowest BCUT2D eigenvalue weighted by Gasteiger charge is -2.34. The Morgan fingerprint density at radius 3 is 2.40 bits per heavy atom. The van der Waals surface area contributed by atoms with Crippen LogP contribution in [0, 0.1) is 12.8 Å². The third-order valence-corrected chi connectivity index (χ3v) is 6.87. The second kappa shape index (κ2) is 9.06. The molecule has 2 aromatic rings. The van der Waals surface area contributed by atoms with E-state index in [9.17, 15) is 18.0 Å². The van der Waals surface area contributed by atoms with Gasteiger partial charge in [0.15, 0.2) is 0 Å². The van der Waals surface area contributed by atoms with Crippen LogP contribution in [0.5, 0.6) is 11.5 Å². The van der Waals surface area contributed by atoms with E-state index in [1.165, 1.54) is 0 Å². The zero-order valence-electron chi connectivity index (χ0n) is 20.4. The second-order valence-electron chi connectivity index (χ2n) is 9.97. The van der Waals surface area contributed by atoms with Crippen LogP contribution in [0.3, 0.4) is 0 Å². The summed E-state index contributed by atoms with van der Waals surface area (Å²) in [7, 11) is -0.526. The fraction of sp³-hybridized carbons (Fsp3) is 0.480. The summed E-state index contributed by atoms with van der Waals surface area (Å²) in [5.41, 5.74) is 1.43. The van der Waals surface area contributed by atoms with Crippen LogP contribution in [-0.4, -0.2) is 43.6 Å². The van der Waals surface area contributed by atoms with Crippen LogP contribution in [0.25, 0.3) is 0 Å². The number of carbonyl (C=O) groups is 1. The van der Waals surface area contributed by atoms with Gasteiger partial charge in [0.25, 0.3) is 0 Å². The molecule has 0 bridgehead atoms. The van der Waals surface area contributed by atoms with Gasteiger partial charge in [0, 0.05) is 12.1 Å². The Hall–Kier alpha value is -2.72. The summed E-state index contributed by atoms with van der Waals surface area (Å²) in [6.45, 7) is 9.67. The fourth-order valence-corrected chi connectivity index (χ4v) is 4.10. The zero-order valence-corrected chi connectivity index (χ0v) is 20.4. The number of rotatable bonds is 5. The number of fused-ring (bicyclic) bond motifs is 1. The quantitative estimate of drug-likeness (QED) is 0.639. The van der Waals surface area contributed by atoms with Crippen molar-refractivity contribution in [2.24, 2.45) is 5.92 Å². The predicted octanol–water partition coefficient (Wildman–Crippen LogP) is 4.10. The van der Waals surface area contributed by atoms with E-state index in [1.54, 1.807) is 12.1 Å². The molecule has 0 aliphatic carbocycles. The van der Waals surface area contributed by atoms with Crippen LogP contribution in [-0.2, 0) is 14.1 Å². The first-order valence-electron chi connectivity index (χ1n) is 11.5. The molecule has 4 rings (SSSR count). The van der Waals surface area contributed by atoms with Crippen LogP contribution < -0.4 is 20.3 Å². The Morgan fingerprint density at radius 2 is 1.77 bits per heavy atom. The molecule has 2 aliphatic heterocycles. The molecule has 6 nitrogen and oxygen atoms in total. The summed E-state index contributed by atoms with van der Waals surface area (Å²) in [5, 5.41) is 1.96. The van der Waals surface area contributed by atoms with Crippen molar-refractivity contribution in [1.29, 1.82) is 0 Å². The molecule has 2 atom stereocenters. The van der Waals surface area contributed by atoms with Gasteiger partial charge in [-0.05, 0) is 57.8 Å². The third kappa shape index (κ3) is 5.13. The van der Waals surface area contributed by atoms with Gasteiger partial charge >= 0.3 is 19.2 Å². The highest BCUT2D eigenvalue weighted by molar-refractivity contribution is 6.62. The van der Waals surface area contributed by atoms with Gasteiger partial charge in [-0.15, -0.1) is 0 Å². The number of hydrogen-bond acceptors (Lipinski definition) is 5. The van der Waals surface area contributed by atoms with E-state index < -0.39 is 42.4 Å².